The summed E-state index contributed by atoms with van der Waals surface area (Å²) in [6, 6.07) is -0.190. The summed E-state index contributed by atoms with van der Waals surface area (Å²) in [6.07, 6.45) is 7.57. The highest BCUT2D eigenvalue weighted by molar-refractivity contribution is 5.88. The predicted molar refractivity (Wildman–Crippen MR) is 121 cm³/mol. The molecule has 9 heteroatoms. The van der Waals surface area contributed by atoms with E-state index < -0.39 is 6.10 Å². The summed E-state index contributed by atoms with van der Waals surface area (Å²) in [4.78, 5) is 37.7. The minimum absolute atomic E-state index is 0.0569. The van der Waals surface area contributed by atoms with Crippen molar-refractivity contribution in [3.63, 3.8) is 0 Å². The Hall–Kier alpha value is -2.26. The van der Waals surface area contributed by atoms with Gasteiger partial charge in [-0.15, -0.1) is 0 Å². The zero-order chi connectivity index (χ0) is 23.1. The van der Waals surface area contributed by atoms with Crippen LogP contribution in [0.25, 0.3) is 0 Å². The zero-order valence-electron chi connectivity index (χ0n) is 19.5. The van der Waals surface area contributed by atoms with E-state index in [0.29, 0.717) is 18.2 Å². The molecule has 1 unspecified atom stereocenters. The first-order valence-electron chi connectivity index (χ1n) is 11.7. The first kappa shape index (κ1) is 24.4. The van der Waals surface area contributed by atoms with Crippen molar-refractivity contribution in [3.05, 3.63) is 17.6 Å². The summed E-state index contributed by atoms with van der Waals surface area (Å²) in [5.41, 5.74) is 1.94. The van der Waals surface area contributed by atoms with Crippen LogP contribution in [0.5, 0.6) is 0 Å². The molecule has 2 aliphatic rings. The Balaban J connectivity index is 1.60. The van der Waals surface area contributed by atoms with E-state index in [-0.39, 0.29) is 24.6 Å². The lowest BCUT2D eigenvalue weighted by Gasteiger charge is -2.37. The van der Waals surface area contributed by atoms with Gasteiger partial charge in [-0.3, -0.25) is 15.1 Å². The van der Waals surface area contributed by atoms with Crippen molar-refractivity contribution in [2.24, 2.45) is 5.92 Å². The molecule has 0 saturated heterocycles. The predicted octanol–water partition coefficient (Wildman–Crippen LogP) is 2.23. The van der Waals surface area contributed by atoms with E-state index in [4.69, 9.17) is 4.74 Å². The minimum Gasteiger partial charge on any atom is -0.469 e. The lowest BCUT2D eigenvalue weighted by atomic mass is 9.83. The van der Waals surface area contributed by atoms with Crippen molar-refractivity contribution in [2.45, 2.75) is 70.4 Å². The molecule has 2 amide bonds. The van der Waals surface area contributed by atoms with E-state index in [1.54, 1.807) is 18.0 Å². The minimum atomic E-state index is -0.619. The van der Waals surface area contributed by atoms with Crippen molar-refractivity contribution >= 4 is 17.8 Å². The number of urea groups is 1. The fourth-order valence-corrected chi connectivity index (χ4v) is 4.66. The summed E-state index contributed by atoms with van der Waals surface area (Å²) in [5, 5.41) is 12.9. The second-order valence-corrected chi connectivity index (χ2v) is 9.17. The maximum Gasteiger partial charge on any atom is 0.323 e. The molecule has 1 aliphatic carbocycles. The quantitative estimate of drug-likeness (QED) is 0.617. The van der Waals surface area contributed by atoms with Crippen LogP contribution in [-0.2, 0) is 22.4 Å². The first-order chi connectivity index (χ1) is 15.4. The molecule has 0 bridgehead atoms. The Kier molecular flexibility index (Phi) is 8.81. The number of aromatic nitrogens is 2. The van der Waals surface area contributed by atoms with E-state index in [0.717, 1.165) is 69.4 Å². The van der Waals surface area contributed by atoms with Crippen LogP contribution in [-0.4, -0.2) is 82.8 Å². The van der Waals surface area contributed by atoms with E-state index >= 15 is 0 Å². The summed E-state index contributed by atoms with van der Waals surface area (Å²) >= 11 is 0. The van der Waals surface area contributed by atoms with Crippen LogP contribution in [0.1, 0.15) is 56.8 Å². The van der Waals surface area contributed by atoms with Crippen molar-refractivity contribution in [2.75, 3.05) is 39.1 Å². The number of carbonyl (C=O) groups excluding carboxylic acids is 2. The number of aliphatic hydroxyl groups excluding tert-OH is 1. The number of nitrogens with zero attached hydrogens (tertiary/aromatic N) is 4. The number of hydrogen-bond acceptors (Lipinski definition) is 7. The Labute approximate surface area is 190 Å². The molecular formula is C23H37N5O4. The molecule has 1 saturated carbocycles. The fourth-order valence-electron chi connectivity index (χ4n) is 4.66. The standard InChI is InChI=1S/C23H37N5O4/c1-16(29)15-28(18-7-4-17(5-8-18)6-9-22(30)32-3)23(31)26-21-14-24-19-10-12-27(2)13-11-20(19)25-21/h14,16-18,29H,4-13,15H2,1-3H3,(H,25,26,31). The summed E-state index contributed by atoms with van der Waals surface area (Å²) < 4.78 is 4.74. The number of methoxy groups -OCH3 is 1. The van der Waals surface area contributed by atoms with Gasteiger partial charge in [-0.2, -0.15) is 0 Å². The number of ether oxygens (including phenoxy) is 1. The van der Waals surface area contributed by atoms with Gasteiger partial charge in [0.15, 0.2) is 5.82 Å². The molecule has 1 atom stereocenters. The normalized spacial score (nSPS) is 22.4. The maximum atomic E-state index is 13.1. The molecule has 178 valence electrons. The average Bonchev–Trinajstić information content (AvgIpc) is 2.97. The Morgan fingerprint density at radius 2 is 1.94 bits per heavy atom. The SMILES string of the molecule is COC(=O)CCC1CCC(N(CC(C)O)C(=O)Nc2cnc3c(n2)CCN(C)CC3)CC1. The number of carbonyl (C=O) groups is 2. The van der Waals surface area contributed by atoms with Crippen LogP contribution >= 0.6 is 0 Å². The Morgan fingerprint density at radius 1 is 1.25 bits per heavy atom. The van der Waals surface area contributed by atoms with Gasteiger partial charge in [0.2, 0.25) is 0 Å². The molecule has 9 nitrogen and oxygen atoms in total. The van der Waals surface area contributed by atoms with Crippen LogP contribution in [0.3, 0.4) is 0 Å². The molecule has 0 radical (unpaired) electrons. The van der Waals surface area contributed by atoms with E-state index in [1.165, 1.54) is 7.11 Å². The molecule has 0 aromatic carbocycles. The lowest BCUT2D eigenvalue weighted by molar-refractivity contribution is -0.141. The number of nitrogens with one attached hydrogen (secondary N) is 1. The largest absolute Gasteiger partial charge is 0.469 e. The van der Waals surface area contributed by atoms with E-state index in [2.05, 4.69) is 27.2 Å². The van der Waals surface area contributed by atoms with Gasteiger partial charge >= 0.3 is 12.0 Å². The fraction of sp³-hybridized carbons (Fsp3) is 0.739. The third-order valence-corrected chi connectivity index (χ3v) is 6.59. The zero-order valence-corrected chi connectivity index (χ0v) is 19.5. The number of rotatable bonds is 7. The van der Waals surface area contributed by atoms with E-state index in [9.17, 15) is 14.7 Å². The molecule has 3 rings (SSSR count). The van der Waals surface area contributed by atoms with Gasteiger partial charge in [-0.1, -0.05) is 0 Å². The Morgan fingerprint density at radius 3 is 2.59 bits per heavy atom. The van der Waals surface area contributed by atoms with Crippen LogP contribution in [0.2, 0.25) is 0 Å². The molecule has 2 heterocycles. The van der Waals surface area contributed by atoms with Gasteiger partial charge in [0.25, 0.3) is 0 Å². The number of aliphatic hydroxyl groups is 1. The lowest BCUT2D eigenvalue weighted by Crippen LogP contribution is -2.47. The van der Waals surface area contributed by atoms with Crippen LogP contribution < -0.4 is 5.32 Å². The van der Waals surface area contributed by atoms with Gasteiger partial charge in [0, 0.05) is 44.9 Å². The highest BCUT2D eigenvalue weighted by Crippen LogP contribution is 2.31. The number of esters is 1. The summed E-state index contributed by atoms with van der Waals surface area (Å²) in [5.74, 6) is 0.756. The van der Waals surface area contributed by atoms with Crippen LogP contribution in [0.15, 0.2) is 6.20 Å². The van der Waals surface area contributed by atoms with Crippen molar-refractivity contribution in [3.8, 4) is 0 Å². The number of hydrogen-bond donors (Lipinski definition) is 2. The third-order valence-electron chi connectivity index (χ3n) is 6.59. The first-order valence-corrected chi connectivity index (χ1v) is 11.7. The topological polar surface area (TPSA) is 108 Å². The van der Waals surface area contributed by atoms with Crippen molar-refractivity contribution in [1.82, 2.24) is 19.8 Å². The van der Waals surface area contributed by atoms with Crippen LogP contribution in [0, 0.1) is 5.92 Å². The molecule has 2 N–H and O–H groups in total. The molecule has 1 aromatic rings. The van der Waals surface area contributed by atoms with Gasteiger partial charge in [0.1, 0.15) is 0 Å². The maximum absolute atomic E-state index is 13.1. The monoisotopic (exact) mass is 447 g/mol. The van der Waals surface area contributed by atoms with Gasteiger partial charge < -0.3 is 19.6 Å². The number of anilines is 1. The van der Waals surface area contributed by atoms with Gasteiger partial charge in [-0.25, -0.2) is 9.78 Å². The number of likely N-dealkylation sites (N-methyl/N-ethyl adjacent to an activating group) is 1. The molecule has 1 aliphatic heterocycles. The Bertz CT molecular complexity index is 780. The second kappa shape index (κ2) is 11.6. The average molecular weight is 448 g/mol. The smallest absolute Gasteiger partial charge is 0.323 e. The summed E-state index contributed by atoms with van der Waals surface area (Å²) in [6.45, 7) is 3.85. The second-order valence-electron chi connectivity index (χ2n) is 9.17. The van der Waals surface area contributed by atoms with Gasteiger partial charge in [-0.05, 0) is 52.0 Å². The van der Waals surface area contributed by atoms with Crippen molar-refractivity contribution < 1.29 is 19.4 Å². The van der Waals surface area contributed by atoms with Crippen LogP contribution in [0.4, 0.5) is 10.6 Å². The molecule has 32 heavy (non-hydrogen) atoms. The third kappa shape index (κ3) is 6.87. The molecular weight excluding hydrogens is 410 g/mol. The number of amides is 2. The molecule has 0 spiro atoms. The molecule has 1 fully saturated rings. The highest BCUT2D eigenvalue weighted by Gasteiger charge is 2.30. The molecule has 1 aromatic heterocycles. The van der Waals surface area contributed by atoms with E-state index in [1.807, 2.05) is 0 Å². The number of fused-ring (bicyclic) bond motifs is 1. The highest BCUT2D eigenvalue weighted by atomic mass is 16.5. The van der Waals surface area contributed by atoms with Gasteiger partial charge in [0.05, 0.1) is 30.8 Å². The summed E-state index contributed by atoms with van der Waals surface area (Å²) in [7, 11) is 3.51. The van der Waals surface area contributed by atoms with Crippen molar-refractivity contribution in [1.29, 1.82) is 0 Å².